The van der Waals surface area contributed by atoms with E-state index in [2.05, 4.69) is 4.90 Å². The van der Waals surface area contributed by atoms with Crippen molar-refractivity contribution in [3.8, 4) is 0 Å². The van der Waals surface area contributed by atoms with Gasteiger partial charge in [-0.05, 0) is 99.8 Å². The fourth-order valence-electron chi connectivity index (χ4n) is 9.68. The van der Waals surface area contributed by atoms with Crippen LogP contribution in [0.5, 0.6) is 0 Å². The molecule has 2 saturated heterocycles. The number of nitrogens with zero attached hydrogens (tertiary/aromatic N) is 2. The van der Waals surface area contributed by atoms with Gasteiger partial charge in [0.25, 0.3) is 0 Å². The highest BCUT2D eigenvalue weighted by Crippen LogP contribution is 2.36. The molecule has 0 aliphatic carbocycles. The highest BCUT2D eigenvalue weighted by Gasteiger charge is 2.50. The van der Waals surface area contributed by atoms with Crippen molar-refractivity contribution < 1.29 is 77.1 Å². The van der Waals surface area contributed by atoms with E-state index in [1.54, 1.807) is 32.8 Å². The second kappa shape index (κ2) is 28.2. The number of rotatable bonds is 19. The maximum absolute atomic E-state index is 13.5. The van der Waals surface area contributed by atoms with E-state index in [1.807, 2.05) is 66.1 Å². The van der Waals surface area contributed by atoms with E-state index in [4.69, 9.17) is 42.6 Å². The Morgan fingerprint density at radius 1 is 0.971 bits per heavy atom. The molecular weight excluding hydrogens is 885 g/mol. The Balaban J connectivity index is 2.02. The van der Waals surface area contributed by atoms with Gasteiger partial charge in [0.05, 0.1) is 49.6 Å². The summed E-state index contributed by atoms with van der Waals surface area (Å²) in [5.41, 5.74) is -1.68. The zero-order valence-corrected chi connectivity index (χ0v) is 43.2. The first-order valence-electron chi connectivity index (χ1n) is 24.4. The predicted octanol–water partition coefficient (Wildman–Crippen LogP) is 4.13. The summed E-state index contributed by atoms with van der Waals surface area (Å²) in [4.78, 5) is 55.4. The highest BCUT2D eigenvalue weighted by molar-refractivity contribution is 5.72. The van der Waals surface area contributed by atoms with Crippen molar-refractivity contribution in [3.63, 3.8) is 0 Å². The molecule has 0 amide bonds. The molecule has 3 heterocycles. The van der Waals surface area contributed by atoms with Crippen LogP contribution < -0.4 is 0 Å². The molecule has 3 N–H and O–H groups in total. The van der Waals surface area contributed by atoms with Gasteiger partial charge in [-0.3, -0.25) is 14.4 Å². The number of esters is 3. The van der Waals surface area contributed by atoms with Crippen LogP contribution in [0.3, 0.4) is 0 Å². The minimum absolute atomic E-state index is 0.0157. The maximum atomic E-state index is 13.5. The summed E-state index contributed by atoms with van der Waals surface area (Å²) in [7, 11) is 8.98. The molecule has 392 valence electrons. The van der Waals surface area contributed by atoms with Gasteiger partial charge < -0.3 is 72.5 Å². The Kier molecular flexibility index (Phi) is 24.7. The van der Waals surface area contributed by atoms with Crippen molar-refractivity contribution in [2.45, 2.75) is 211 Å². The number of likely N-dealkylation sites (N-methyl/N-ethyl adjacent to an activating group) is 2. The van der Waals surface area contributed by atoms with Crippen LogP contribution in [0.2, 0.25) is 0 Å². The Morgan fingerprint density at radius 2 is 1.66 bits per heavy atom. The van der Waals surface area contributed by atoms with Crippen LogP contribution in [0, 0.1) is 17.8 Å². The number of aliphatic hydroxyl groups is 3. The number of aliphatic hydroxyl groups excluding tert-OH is 2. The standard InChI is InChI=1S/C50H86N2O16/c1-29(2)26-40(56)67-48(32(5)54)50(9,59)23-25-61-45-34(7)64-49(44(58)43(45)52(12)13)68-46-36(22-24-53)27-30(3)38(66-42-21-20-37(51(10)11)33(6)63-42)19-17-15-16-18-31(4)62-41(57)28-39(47(46)60-14)65-35(8)55/h15-17,19,24,29-34,36-39,42-49,54,58-59H,18,20-23,25-28H2,1-14H3/b16-15+,19-17+. The van der Waals surface area contributed by atoms with Gasteiger partial charge in [-0.2, -0.15) is 0 Å². The maximum Gasteiger partial charge on any atom is 0.309 e. The van der Waals surface area contributed by atoms with Crippen molar-refractivity contribution in [3.05, 3.63) is 24.3 Å². The molecule has 18 atom stereocenters. The largest absolute Gasteiger partial charge is 0.462 e. The van der Waals surface area contributed by atoms with Crippen LogP contribution in [0.15, 0.2) is 24.3 Å². The molecule has 0 radical (unpaired) electrons. The number of ether oxygens (including phenoxy) is 9. The van der Waals surface area contributed by atoms with Gasteiger partial charge in [0.15, 0.2) is 18.7 Å². The second-order valence-electron chi connectivity index (χ2n) is 20.2. The SMILES string of the molecule is COC1C(OC(C)=O)CC(=O)OC(C)C/C=C/C=C/C(OC2CCC(N(C)C)C(C)O2)C(C)CC(CC=O)C1OC1OC(C)C(OCCC(C)(O)C(OC(=O)CC(C)C)C(C)O)C(N(C)C)C1O. The first kappa shape index (κ1) is 59.4. The van der Waals surface area contributed by atoms with E-state index in [9.17, 15) is 34.5 Å². The fraction of sp³-hybridized carbons (Fsp3) is 0.840. The van der Waals surface area contributed by atoms with Gasteiger partial charge in [-0.15, -0.1) is 0 Å². The number of methoxy groups -OCH3 is 1. The fourth-order valence-corrected chi connectivity index (χ4v) is 9.68. The van der Waals surface area contributed by atoms with Gasteiger partial charge in [-0.25, -0.2) is 0 Å². The Hall–Kier alpha value is -2.88. The molecule has 0 aromatic heterocycles. The van der Waals surface area contributed by atoms with Gasteiger partial charge in [0.1, 0.15) is 42.4 Å². The van der Waals surface area contributed by atoms with E-state index in [-0.39, 0.29) is 49.9 Å². The number of aldehydes is 1. The Labute approximate surface area is 405 Å². The highest BCUT2D eigenvalue weighted by atomic mass is 16.7. The van der Waals surface area contributed by atoms with Gasteiger partial charge in [0.2, 0.25) is 0 Å². The molecule has 3 aliphatic rings. The van der Waals surface area contributed by atoms with E-state index >= 15 is 0 Å². The normalized spacial score (nSPS) is 36.3. The summed E-state index contributed by atoms with van der Waals surface area (Å²) in [6.45, 7) is 15.3. The molecule has 18 nitrogen and oxygen atoms in total. The van der Waals surface area contributed by atoms with Gasteiger partial charge >= 0.3 is 17.9 Å². The van der Waals surface area contributed by atoms with E-state index in [0.717, 1.165) is 12.7 Å². The van der Waals surface area contributed by atoms with Crippen LogP contribution in [-0.2, 0) is 61.8 Å². The van der Waals surface area contributed by atoms with Crippen LogP contribution in [0.25, 0.3) is 0 Å². The molecule has 68 heavy (non-hydrogen) atoms. The summed E-state index contributed by atoms with van der Waals surface area (Å²) >= 11 is 0. The number of carbonyl (C=O) groups is 4. The third kappa shape index (κ3) is 18.1. The lowest BCUT2D eigenvalue weighted by Crippen LogP contribution is -2.64. The molecule has 18 unspecified atom stereocenters. The molecule has 3 rings (SSSR count). The Bertz CT molecular complexity index is 1610. The molecule has 2 fully saturated rings. The van der Waals surface area contributed by atoms with Crippen molar-refractivity contribution in [2.24, 2.45) is 17.8 Å². The monoisotopic (exact) mass is 971 g/mol. The molecule has 0 bridgehead atoms. The number of hydrogen-bond donors (Lipinski definition) is 3. The topological polar surface area (TPSA) is 219 Å². The second-order valence-corrected chi connectivity index (χ2v) is 20.2. The van der Waals surface area contributed by atoms with E-state index in [1.165, 1.54) is 27.9 Å². The quantitative estimate of drug-likeness (QED) is 0.0942. The summed E-state index contributed by atoms with van der Waals surface area (Å²) < 4.78 is 56.0. The van der Waals surface area contributed by atoms with Crippen LogP contribution in [0.1, 0.15) is 114 Å². The van der Waals surface area contributed by atoms with Crippen molar-refractivity contribution in [1.82, 2.24) is 9.80 Å². The number of cyclic esters (lactones) is 1. The Morgan fingerprint density at radius 3 is 2.24 bits per heavy atom. The molecule has 0 aromatic carbocycles. The average molecular weight is 971 g/mol. The third-order valence-corrected chi connectivity index (χ3v) is 13.1. The summed E-state index contributed by atoms with van der Waals surface area (Å²) in [6.07, 6.45) is -1.59. The zero-order chi connectivity index (χ0) is 51.0. The first-order valence-corrected chi connectivity index (χ1v) is 24.4. The average Bonchev–Trinajstić information content (AvgIpc) is 3.22. The lowest BCUT2D eigenvalue weighted by Gasteiger charge is -2.48. The summed E-state index contributed by atoms with van der Waals surface area (Å²) in [6, 6.07) is -0.529. The minimum atomic E-state index is -1.68. The smallest absolute Gasteiger partial charge is 0.309 e. The van der Waals surface area contributed by atoms with Crippen LogP contribution in [-0.4, -0.2) is 189 Å². The van der Waals surface area contributed by atoms with Crippen molar-refractivity contribution >= 4 is 24.2 Å². The lowest BCUT2D eigenvalue weighted by atomic mass is 9.82. The van der Waals surface area contributed by atoms with Crippen molar-refractivity contribution in [1.29, 1.82) is 0 Å². The van der Waals surface area contributed by atoms with E-state index in [0.29, 0.717) is 19.3 Å². The number of allylic oxidation sites excluding steroid dienone is 2. The number of carbonyl (C=O) groups excluding carboxylic acids is 4. The summed E-state index contributed by atoms with van der Waals surface area (Å²) in [5, 5.41) is 34.2. The first-order chi connectivity index (χ1) is 31.9. The molecule has 0 spiro atoms. The van der Waals surface area contributed by atoms with Crippen molar-refractivity contribution in [2.75, 3.05) is 41.9 Å². The molecule has 18 heteroatoms. The van der Waals surface area contributed by atoms with E-state index < -0.39 is 116 Å². The molecule has 0 saturated carbocycles. The minimum Gasteiger partial charge on any atom is -0.462 e. The lowest BCUT2D eigenvalue weighted by molar-refractivity contribution is -0.315. The zero-order valence-electron chi connectivity index (χ0n) is 43.2. The summed E-state index contributed by atoms with van der Waals surface area (Å²) in [5.74, 6) is -2.80. The van der Waals surface area contributed by atoms with Gasteiger partial charge in [0, 0.05) is 45.8 Å². The van der Waals surface area contributed by atoms with Gasteiger partial charge in [-0.1, -0.05) is 45.1 Å². The number of hydrogen-bond acceptors (Lipinski definition) is 18. The van der Waals surface area contributed by atoms with Crippen LogP contribution >= 0.6 is 0 Å². The molecule has 3 aliphatic heterocycles. The molecular formula is C50H86N2O16. The molecule has 0 aromatic rings. The van der Waals surface area contributed by atoms with Crippen LogP contribution in [0.4, 0.5) is 0 Å². The predicted molar refractivity (Wildman–Crippen MR) is 252 cm³/mol. The third-order valence-electron chi connectivity index (χ3n) is 13.1.